The molecule has 0 aliphatic rings. The lowest BCUT2D eigenvalue weighted by Crippen LogP contribution is -2.38. The summed E-state index contributed by atoms with van der Waals surface area (Å²) in [5.41, 5.74) is 5.88. The highest BCUT2D eigenvalue weighted by molar-refractivity contribution is 4.91. The molecule has 0 spiro atoms. The maximum absolute atomic E-state index is 5.77. The zero-order chi connectivity index (χ0) is 13.8. The summed E-state index contributed by atoms with van der Waals surface area (Å²) < 4.78 is 5.22. The summed E-state index contributed by atoms with van der Waals surface area (Å²) in [7, 11) is 0. The van der Waals surface area contributed by atoms with Gasteiger partial charge in [0.05, 0.1) is 6.54 Å². The van der Waals surface area contributed by atoms with Gasteiger partial charge in [0, 0.05) is 12.5 Å². The van der Waals surface area contributed by atoms with Crippen molar-refractivity contribution in [2.24, 2.45) is 11.1 Å². The molecule has 1 aromatic heterocycles. The normalized spacial score (nSPS) is 12.7. The van der Waals surface area contributed by atoms with Crippen LogP contribution in [0, 0.1) is 5.41 Å². The molecule has 2 N–H and O–H groups in total. The molecule has 0 fully saturated rings. The second-order valence-corrected chi connectivity index (χ2v) is 5.88. The molecular formula is C13H26N4O. The Balaban J connectivity index is 2.62. The monoisotopic (exact) mass is 254 g/mol. The Morgan fingerprint density at radius 1 is 1.39 bits per heavy atom. The molecule has 0 bridgehead atoms. The van der Waals surface area contributed by atoms with Gasteiger partial charge in [-0.15, -0.1) is 0 Å². The van der Waals surface area contributed by atoms with Crippen LogP contribution < -0.4 is 5.73 Å². The largest absolute Gasteiger partial charge is 0.339 e. The molecule has 0 aliphatic heterocycles. The van der Waals surface area contributed by atoms with Crippen molar-refractivity contribution in [2.45, 2.75) is 47.1 Å². The van der Waals surface area contributed by atoms with Crippen LogP contribution in [0.2, 0.25) is 0 Å². The Kier molecular flexibility index (Phi) is 5.28. The van der Waals surface area contributed by atoms with Crippen LogP contribution in [0.4, 0.5) is 0 Å². The third kappa shape index (κ3) is 4.38. The molecule has 5 nitrogen and oxygen atoms in total. The van der Waals surface area contributed by atoms with Crippen molar-refractivity contribution < 1.29 is 4.52 Å². The molecule has 1 aromatic rings. The third-order valence-corrected chi connectivity index (χ3v) is 2.99. The summed E-state index contributed by atoms with van der Waals surface area (Å²) in [5.74, 6) is 1.74. The molecule has 1 rings (SSSR count). The average molecular weight is 254 g/mol. The minimum Gasteiger partial charge on any atom is -0.339 e. The fourth-order valence-corrected chi connectivity index (χ4v) is 1.72. The second-order valence-electron chi connectivity index (χ2n) is 5.88. The first kappa shape index (κ1) is 15.1. The van der Waals surface area contributed by atoms with Gasteiger partial charge in [-0.05, 0) is 18.5 Å². The van der Waals surface area contributed by atoms with Gasteiger partial charge >= 0.3 is 0 Å². The van der Waals surface area contributed by atoms with Crippen LogP contribution in [0.3, 0.4) is 0 Å². The Bertz CT molecular complexity index is 360. The molecule has 0 aromatic carbocycles. The number of aromatic nitrogens is 2. The third-order valence-electron chi connectivity index (χ3n) is 2.99. The smallest absolute Gasteiger partial charge is 0.229 e. The molecule has 0 unspecified atom stereocenters. The van der Waals surface area contributed by atoms with Crippen LogP contribution in [0.5, 0.6) is 0 Å². The van der Waals surface area contributed by atoms with Gasteiger partial charge in [-0.1, -0.05) is 39.8 Å². The first-order valence-electron chi connectivity index (χ1n) is 6.63. The average Bonchev–Trinajstić information content (AvgIpc) is 2.76. The molecular weight excluding hydrogens is 228 g/mol. The lowest BCUT2D eigenvalue weighted by Gasteiger charge is -2.30. The number of hydrogen-bond donors (Lipinski definition) is 1. The van der Waals surface area contributed by atoms with E-state index in [2.05, 4.69) is 35.8 Å². The molecule has 0 saturated heterocycles. The van der Waals surface area contributed by atoms with E-state index < -0.39 is 0 Å². The molecule has 18 heavy (non-hydrogen) atoms. The van der Waals surface area contributed by atoms with Crippen molar-refractivity contribution in [3.8, 4) is 0 Å². The first-order valence-corrected chi connectivity index (χ1v) is 6.63. The zero-order valence-corrected chi connectivity index (χ0v) is 12.2. The highest BCUT2D eigenvalue weighted by Crippen LogP contribution is 2.17. The van der Waals surface area contributed by atoms with Crippen LogP contribution in [-0.4, -0.2) is 34.7 Å². The van der Waals surface area contributed by atoms with Gasteiger partial charge in [0.15, 0.2) is 5.82 Å². The van der Waals surface area contributed by atoms with E-state index in [0.717, 1.165) is 25.5 Å². The Morgan fingerprint density at radius 2 is 2.06 bits per heavy atom. The van der Waals surface area contributed by atoms with E-state index in [1.54, 1.807) is 0 Å². The summed E-state index contributed by atoms with van der Waals surface area (Å²) in [6, 6.07) is 0. The first-order chi connectivity index (χ1) is 8.38. The molecule has 0 radical (unpaired) electrons. The predicted octanol–water partition coefficient (Wildman–Crippen LogP) is 2.00. The van der Waals surface area contributed by atoms with E-state index >= 15 is 0 Å². The van der Waals surface area contributed by atoms with Crippen molar-refractivity contribution in [1.82, 2.24) is 15.0 Å². The minimum absolute atomic E-state index is 0.112. The fourth-order valence-electron chi connectivity index (χ4n) is 1.72. The van der Waals surface area contributed by atoms with Gasteiger partial charge in [-0.25, -0.2) is 0 Å². The van der Waals surface area contributed by atoms with E-state index in [-0.39, 0.29) is 11.3 Å². The molecule has 1 heterocycles. The van der Waals surface area contributed by atoms with Crippen LogP contribution in [0.25, 0.3) is 0 Å². The van der Waals surface area contributed by atoms with Crippen molar-refractivity contribution in [3.63, 3.8) is 0 Å². The van der Waals surface area contributed by atoms with Crippen LogP contribution >= 0.6 is 0 Å². The summed E-state index contributed by atoms with van der Waals surface area (Å²) in [6.45, 7) is 13.9. The van der Waals surface area contributed by atoms with Crippen LogP contribution in [-0.2, 0) is 6.54 Å². The maximum atomic E-state index is 5.77. The zero-order valence-electron chi connectivity index (χ0n) is 12.2. The van der Waals surface area contributed by atoms with Crippen molar-refractivity contribution in [1.29, 1.82) is 0 Å². The van der Waals surface area contributed by atoms with Crippen LogP contribution in [0.15, 0.2) is 4.52 Å². The molecule has 0 aliphatic carbocycles. The Morgan fingerprint density at radius 3 is 2.50 bits per heavy atom. The van der Waals surface area contributed by atoms with Gasteiger partial charge in [0.2, 0.25) is 5.89 Å². The van der Waals surface area contributed by atoms with Gasteiger partial charge in [0.1, 0.15) is 0 Å². The van der Waals surface area contributed by atoms with E-state index in [4.69, 9.17) is 10.3 Å². The van der Waals surface area contributed by atoms with E-state index in [0.29, 0.717) is 12.4 Å². The van der Waals surface area contributed by atoms with E-state index in [1.165, 1.54) is 0 Å². The van der Waals surface area contributed by atoms with Crippen molar-refractivity contribution in [3.05, 3.63) is 11.7 Å². The SMILES string of the molecule is CCN(Cc1noc(C(C)C)n1)CC(C)(C)CN. The quantitative estimate of drug-likeness (QED) is 0.806. The fraction of sp³-hybridized carbons (Fsp3) is 0.846. The maximum Gasteiger partial charge on any atom is 0.229 e. The Labute approximate surface area is 110 Å². The summed E-state index contributed by atoms with van der Waals surface area (Å²) in [4.78, 5) is 6.70. The lowest BCUT2D eigenvalue weighted by molar-refractivity contribution is 0.178. The van der Waals surface area contributed by atoms with Crippen LogP contribution in [0.1, 0.15) is 52.3 Å². The summed E-state index contributed by atoms with van der Waals surface area (Å²) >= 11 is 0. The molecule has 104 valence electrons. The molecule has 0 atom stereocenters. The number of rotatable bonds is 7. The van der Waals surface area contributed by atoms with Gasteiger partial charge in [-0.3, -0.25) is 4.90 Å². The second kappa shape index (κ2) is 6.29. The molecule has 0 amide bonds. The topological polar surface area (TPSA) is 68.2 Å². The molecule has 5 heteroatoms. The van der Waals surface area contributed by atoms with Gasteiger partial charge in [-0.2, -0.15) is 4.98 Å². The summed E-state index contributed by atoms with van der Waals surface area (Å²) in [6.07, 6.45) is 0. The van der Waals surface area contributed by atoms with Gasteiger partial charge in [0.25, 0.3) is 0 Å². The number of nitrogens with two attached hydrogens (primary N) is 1. The highest BCUT2D eigenvalue weighted by Gasteiger charge is 2.21. The van der Waals surface area contributed by atoms with E-state index in [1.807, 2.05) is 13.8 Å². The standard InChI is InChI=1S/C13H26N4O/c1-6-17(9-13(4,5)8-14)7-11-15-12(10(2)3)18-16-11/h10H,6-9,14H2,1-5H3. The van der Waals surface area contributed by atoms with Crippen molar-refractivity contribution in [2.75, 3.05) is 19.6 Å². The number of nitrogens with zero attached hydrogens (tertiary/aromatic N) is 3. The van der Waals surface area contributed by atoms with Gasteiger partial charge < -0.3 is 10.3 Å². The summed E-state index contributed by atoms with van der Waals surface area (Å²) in [5, 5.41) is 4.02. The minimum atomic E-state index is 0.112. The van der Waals surface area contributed by atoms with Crippen molar-refractivity contribution >= 4 is 0 Å². The van der Waals surface area contributed by atoms with E-state index in [9.17, 15) is 0 Å². The number of hydrogen-bond acceptors (Lipinski definition) is 5. The highest BCUT2D eigenvalue weighted by atomic mass is 16.5. The Hall–Kier alpha value is -0.940. The molecule has 0 saturated carbocycles. The predicted molar refractivity (Wildman–Crippen MR) is 72.2 cm³/mol. The lowest BCUT2D eigenvalue weighted by atomic mass is 9.93.